The van der Waals surface area contributed by atoms with Crippen molar-refractivity contribution in [2.75, 3.05) is 57.9 Å². The van der Waals surface area contributed by atoms with Crippen molar-refractivity contribution in [2.24, 2.45) is 10.9 Å². The Bertz CT molecular complexity index is 654. The number of benzene rings is 1. The minimum atomic E-state index is 0. The summed E-state index contributed by atoms with van der Waals surface area (Å²) < 4.78 is 11.1. The van der Waals surface area contributed by atoms with Gasteiger partial charge >= 0.3 is 0 Å². The molecule has 3 rings (SSSR count). The molecule has 2 fully saturated rings. The first-order valence-electron chi connectivity index (χ1n) is 12.2. The molecule has 6 nitrogen and oxygen atoms in total. The summed E-state index contributed by atoms with van der Waals surface area (Å²) >= 11 is 0. The van der Waals surface area contributed by atoms with Gasteiger partial charge in [0.05, 0.1) is 12.6 Å². The van der Waals surface area contributed by atoms with E-state index in [9.17, 15) is 0 Å². The molecule has 0 aliphatic carbocycles. The van der Waals surface area contributed by atoms with Crippen LogP contribution in [0.1, 0.15) is 51.5 Å². The minimum absolute atomic E-state index is 0. The number of halogens is 1. The van der Waals surface area contributed by atoms with Crippen molar-refractivity contribution in [3.63, 3.8) is 0 Å². The third-order valence-corrected chi connectivity index (χ3v) is 6.42. The van der Waals surface area contributed by atoms with E-state index in [1.807, 2.05) is 0 Å². The van der Waals surface area contributed by atoms with Crippen molar-refractivity contribution < 1.29 is 9.47 Å². The second kappa shape index (κ2) is 15.0. The summed E-state index contributed by atoms with van der Waals surface area (Å²) in [5.41, 5.74) is 2.61. The quantitative estimate of drug-likeness (QED) is 0.209. The van der Waals surface area contributed by atoms with Crippen LogP contribution >= 0.6 is 24.0 Å². The van der Waals surface area contributed by atoms with Crippen LogP contribution in [0.3, 0.4) is 0 Å². The summed E-state index contributed by atoms with van der Waals surface area (Å²) in [6.07, 6.45) is 6.04. The standard InChI is InChI=1S/C25H42N4O2.HI/c1-4-26-25(29-16-12-24(13-17-29)31-19-5-18-30-3)27-20-22-6-8-23(9-7-22)28-14-10-21(2)11-15-28;/h6-9,21,24H,4-5,10-20H2,1-3H3,(H,26,27);1H. The highest BCUT2D eigenvalue weighted by Gasteiger charge is 2.22. The zero-order valence-electron chi connectivity index (χ0n) is 20.2. The summed E-state index contributed by atoms with van der Waals surface area (Å²) in [7, 11) is 1.74. The molecule has 1 aromatic rings. The van der Waals surface area contributed by atoms with Crippen molar-refractivity contribution in [1.82, 2.24) is 10.2 Å². The summed E-state index contributed by atoms with van der Waals surface area (Å²) in [4.78, 5) is 9.82. The van der Waals surface area contributed by atoms with Crippen LogP contribution in [-0.2, 0) is 16.0 Å². The van der Waals surface area contributed by atoms with Crippen LogP contribution in [0.25, 0.3) is 0 Å². The van der Waals surface area contributed by atoms with Gasteiger partial charge in [-0.05, 0) is 62.6 Å². The average molecular weight is 559 g/mol. The van der Waals surface area contributed by atoms with Gasteiger partial charge in [-0.2, -0.15) is 0 Å². The topological polar surface area (TPSA) is 49.3 Å². The lowest BCUT2D eigenvalue weighted by atomic mass is 9.99. The van der Waals surface area contributed by atoms with E-state index >= 15 is 0 Å². The van der Waals surface area contributed by atoms with Gasteiger partial charge in [0.2, 0.25) is 0 Å². The monoisotopic (exact) mass is 558 g/mol. The molecule has 0 spiro atoms. The molecule has 0 atom stereocenters. The maximum atomic E-state index is 6.00. The van der Waals surface area contributed by atoms with Crippen LogP contribution in [0.15, 0.2) is 29.3 Å². The van der Waals surface area contributed by atoms with Crippen LogP contribution in [0, 0.1) is 5.92 Å². The molecule has 2 aliphatic rings. The SMILES string of the molecule is CCNC(=NCc1ccc(N2CCC(C)CC2)cc1)N1CCC(OCCCOC)CC1.I. The first-order valence-corrected chi connectivity index (χ1v) is 12.2. The molecule has 0 radical (unpaired) electrons. The van der Waals surface area contributed by atoms with E-state index in [1.54, 1.807) is 7.11 Å². The Morgan fingerprint density at radius 2 is 1.72 bits per heavy atom. The highest BCUT2D eigenvalue weighted by Crippen LogP contribution is 2.23. The van der Waals surface area contributed by atoms with Gasteiger partial charge in [-0.25, -0.2) is 4.99 Å². The number of nitrogens with zero attached hydrogens (tertiary/aromatic N) is 3. The zero-order chi connectivity index (χ0) is 21.9. The lowest BCUT2D eigenvalue weighted by Gasteiger charge is -2.34. The number of hydrogen-bond acceptors (Lipinski definition) is 4. The van der Waals surface area contributed by atoms with E-state index in [0.717, 1.165) is 64.0 Å². The summed E-state index contributed by atoms with van der Waals surface area (Å²) in [6, 6.07) is 9.00. The molecular formula is C25H43IN4O2. The second-order valence-electron chi connectivity index (χ2n) is 8.91. The number of methoxy groups -OCH3 is 1. The Morgan fingerprint density at radius 3 is 2.34 bits per heavy atom. The van der Waals surface area contributed by atoms with Gasteiger partial charge in [-0.1, -0.05) is 19.1 Å². The predicted molar refractivity (Wildman–Crippen MR) is 144 cm³/mol. The Kier molecular flexibility index (Phi) is 12.7. The number of guanidine groups is 1. The third-order valence-electron chi connectivity index (χ3n) is 6.42. The van der Waals surface area contributed by atoms with Gasteiger partial charge in [-0.15, -0.1) is 24.0 Å². The fraction of sp³-hybridized carbons (Fsp3) is 0.720. The van der Waals surface area contributed by atoms with Crippen LogP contribution in [0.4, 0.5) is 5.69 Å². The van der Waals surface area contributed by atoms with E-state index in [4.69, 9.17) is 14.5 Å². The normalized spacial score (nSPS) is 18.5. The number of nitrogens with one attached hydrogen (secondary N) is 1. The van der Waals surface area contributed by atoms with Crippen molar-refractivity contribution in [3.8, 4) is 0 Å². The fourth-order valence-electron chi connectivity index (χ4n) is 4.36. The Hall–Kier alpha value is -1.06. The van der Waals surface area contributed by atoms with Crippen molar-refractivity contribution in [1.29, 1.82) is 0 Å². The maximum absolute atomic E-state index is 6.00. The van der Waals surface area contributed by atoms with E-state index < -0.39 is 0 Å². The Balaban J connectivity index is 0.00000363. The second-order valence-corrected chi connectivity index (χ2v) is 8.91. The zero-order valence-corrected chi connectivity index (χ0v) is 22.6. The molecule has 7 heteroatoms. The highest BCUT2D eigenvalue weighted by molar-refractivity contribution is 14.0. The molecule has 2 aliphatic heterocycles. The molecule has 1 N–H and O–H groups in total. The molecule has 0 amide bonds. The summed E-state index contributed by atoms with van der Waals surface area (Å²) in [5.74, 6) is 1.89. The molecule has 182 valence electrons. The lowest BCUT2D eigenvalue weighted by Crippen LogP contribution is -2.47. The van der Waals surface area contributed by atoms with Gasteiger partial charge in [0, 0.05) is 58.7 Å². The molecular weight excluding hydrogens is 515 g/mol. The Labute approximate surface area is 212 Å². The van der Waals surface area contributed by atoms with E-state index in [0.29, 0.717) is 12.6 Å². The number of ether oxygens (including phenoxy) is 2. The van der Waals surface area contributed by atoms with Crippen molar-refractivity contribution >= 4 is 35.6 Å². The van der Waals surface area contributed by atoms with Gasteiger partial charge in [0.1, 0.15) is 0 Å². The molecule has 2 saturated heterocycles. The molecule has 32 heavy (non-hydrogen) atoms. The first-order chi connectivity index (χ1) is 15.2. The van der Waals surface area contributed by atoms with Gasteiger partial charge in [-0.3, -0.25) is 0 Å². The minimum Gasteiger partial charge on any atom is -0.385 e. The van der Waals surface area contributed by atoms with Crippen LogP contribution < -0.4 is 10.2 Å². The number of anilines is 1. The van der Waals surface area contributed by atoms with E-state index in [-0.39, 0.29) is 24.0 Å². The molecule has 1 aromatic carbocycles. The highest BCUT2D eigenvalue weighted by atomic mass is 127. The maximum Gasteiger partial charge on any atom is 0.194 e. The van der Waals surface area contributed by atoms with Crippen molar-refractivity contribution in [2.45, 2.75) is 58.6 Å². The van der Waals surface area contributed by atoms with Crippen molar-refractivity contribution in [3.05, 3.63) is 29.8 Å². The lowest BCUT2D eigenvalue weighted by molar-refractivity contribution is 0.00990. The summed E-state index contributed by atoms with van der Waals surface area (Å²) in [5, 5.41) is 3.47. The smallest absolute Gasteiger partial charge is 0.194 e. The van der Waals surface area contributed by atoms with Gasteiger partial charge < -0.3 is 24.6 Å². The third kappa shape index (κ3) is 8.71. The summed E-state index contributed by atoms with van der Waals surface area (Å²) in [6.45, 7) is 12.0. The number of aliphatic imine (C=N–C) groups is 1. The first kappa shape index (κ1) is 27.2. The average Bonchev–Trinajstić information content (AvgIpc) is 2.81. The molecule has 0 aromatic heterocycles. The predicted octanol–water partition coefficient (Wildman–Crippen LogP) is 4.52. The van der Waals surface area contributed by atoms with Gasteiger partial charge in [0.25, 0.3) is 0 Å². The molecule has 0 bridgehead atoms. The van der Waals surface area contributed by atoms with Crippen LogP contribution in [-0.4, -0.2) is 70.0 Å². The van der Waals surface area contributed by atoms with Gasteiger partial charge in [0.15, 0.2) is 5.96 Å². The molecule has 0 saturated carbocycles. The number of likely N-dealkylation sites (tertiary alicyclic amines) is 1. The van der Waals surface area contributed by atoms with E-state index in [2.05, 4.69) is 53.2 Å². The number of hydrogen-bond donors (Lipinski definition) is 1. The molecule has 0 unspecified atom stereocenters. The Morgan fingerprint density at radius 1 is 1.03 bits per heavy atom. The number of rotatable bonds is 9. The largest absolute Gasteiger partial charge is 0.385 e. The number of piperidine rings is 2. The molecule has 2 heterocycles. The van der Waals surface area contributed by atoms with Crippen LogP contribution in [0.5, 0.6) is 0 Å². The fourth-order valence-corrected chi connectivity index (χ4v) is 4.36. The van der Waals surface area contributed by atoms with Crippen LogP contribution in [0.2, 0.25) is 0 Å². The van der Waals surface area contributed by atoms with E-state index in [1.165, 1.54) is 37.2 Å².